The van der Waals surface area contributed by atoms with E-state index in [1.165, 1.54) is 30.3 Å². The fourth-order valence-electron chi connectivity index (χ4n) is 1.95. The largest absolute Gasteiger partial charge is 0.480 e. The molecule has 128 valence electrons. The van der Waals surface area contributed by atoms with Crippen molar-refractivity contribution in [1.82, 2.24) is 10.6 Å². The van der Waals surface area contributed by atoms with E-state index in [0.717, 1.165) is 12.8 Å². The Kier molecular flexibility index (Phi) is 6.08. The molecule has 3 N–H and O–H groups in total. The first kappa shape index (κ1) is 17.7. The molecule has 2 rings (SSSR count). The molecule has 1 unspecified atom stereocenters. The van der Waals surface area contributed by atoms with Crippen LogP contribution in [0.5, 0.6) is 0 Å². The number of rotatable bonds is 9. The van der Waals surface area contributed by atoms with Crippen LogP contribution >= 0.6 is 0 Å². The molecule has 7 nitrogen and oxygen atoms in total. The maximum atomic E-state index is 12.1. The van der Waals surface area contributed by atoms with Gasteiger partial charge in [-0.3, -0.25) is 9.59 Å². The zero-order valence-corrected chi connectivity index (χ0v) is 13.2. The van der Waals surface area contributed by atoms with E-state index in [4.69, 9.17) is 9.84 Å². The molecule has 1 fully saturated rings. The Hall–Kier alpha value is -2.67. The predicted octanol–water partition coefficient (Wildman–Crippen LogP) is 0.964. The summed E-state index contributed by atoms with van der Waals surface area (Å²) in [7, 11) is 0. The third-order valence-electron chi connectivity index (χ3n) is 3.45. The van der Waals surface area contributed by atoms with Gasteiger partial charge in [-0.2, -0.15) is 0 Å². The van der Waals surface area contributed by atoms with Crippen molar-refractivity contribution in [2.45, 2.75) is 24.9 Å². The van der Waals surface area contributed by atoms with E-state index in [-0.39, 0.29) is 30.7 Å². The Morgan fingerprint density at radius 2 is 1.79 bits per heavy atom. The van der Waals surface area contributed by atoms with Gasteiger partial charge in [0.15, 0.2) is 6.04 Å². The van der Waals surface area contributed by atoms with E-state index in [2.05, 4.69) is 17.2 Å². The summed E-state index contributed by atoms with van der Waals surface area (Å²) < 4.78 is 5.07. The molecule has 0 bridgehead atoms. The van der Waals surface area contributed by atoms with Crippen LogP contribution in [0.3, 0.4) is 0 Å². The first-order valence-corrected chi connectivity index (χ1v) is 7.64. The molecule has 1 aromatic carbocycles. The lowest BCUT2D eigenvalue weighted by molar-refractivity contribution is -0.140. The molecule has 1 aliphatic rings. The predicted molar refractivity (Wildman–Crippen MR) is 86.8 cm³/mol. The summed E-state index contributed by atoms with van der Waals surface area (Å²) in [6, 6.07) is 5.15. The van der Waals surface area contributed by atoms with E-state index in [9.17, 15) is 14.4 Å². The number of hydrogen-bond donors (Lipinski definition) is 3. The Morgan fingerprint density at radius 3 is 2.29 bits per heavy atom. The van der Waals surface area contributed by atoms with E-state index < -0.39 is 17.9 Å². The molecule has 0 aliphatic heterocycles. The first-order chi connectivity index (χ1) is 11.5. The number of hydrogen-bond acceptors (Lipinski definition) is 4. The minimum absolute atomic E-state index is 0.158. The summed E-state index contributed by atoms with van der Waals surface area (Å²) in [4.78, 5) is 35.1. The molecule has 24 heavy (non-hydrogen) atoms. The molecule has 1 atom stereocenters. The van der Waals surface area contributed by atoms with E-state index in [0.29, 0.717) is 5.56 Å². The lowest BCUT2D eigenvalue weighted by Gasteiger charge is -2.14. The molecule has 1 saturated carbocycles. The maximum Gasteiger partial charge on any atom is 0.328 e. The lowest BCUT2D eigenvalue weighted by Crippen LogP contribution is -2.44. The van der Waals surface area contributed by atoms with Crippen LogP contribution in [-0.4, -0.2) is 48.2 Å². The molecule has 7 heteroatoms. The third-order valence-corrected chi connectivity index (χ3v) is 3.45. The van der Waals surface area contributed by atoms with Gasteiger partial charge in [-0.15, -0.1) is 6.58 Å². The van der Waals surface area contributed by atoms with Crippen LogP contribution in [-0.2, 0) is 9.53 Å². The quantitative estimate of drug-likeness (QED) is 0.461. The van der Waals surface area contributed by atoms with Crippen molar-refractivity contribution in [3.8, 4) is 0 Å². The van der Waals surface area contributed by atoms with Gasteiger partial charge in [-0.05, 0) is 37.1 Å². The van der Waals surface area contributed by atoms with Gasteiger partial charge in [-0.25, -0.2) is 4.79 Å². The summed E-state index contributed by atoms with van der Waals surface area (Å²) >= 11 is 0. The molecule has 1 aliphatic carbocycles. The van der Waals surface area contributed by atoms with Gasteiger partial charge in [0.05, 0.1) is 13.2 Å². The minimum Gasteiger partial charge on any atom is -0.480 e. The third kappa shape index (κ3) is 5.20. The fourth-order valence-corrected chi connectivity index (χ4v) is 1.95. The minimum atomic E-state index is -1.19. The summed E-state index contributed by atoms with van der Waals surface area (Å²) in [6.07, 6.45) is 3.49. The van der Waals surface area contributed by atoms with Gasteiger partial charge < -0.3 is 20.5 Å². The van der Waals surface area contributed by atoms with Crippen LogP contribution in [0.15, 0.2) is 36.9 Å². The highest BCUT2D eigenvalue weighted by Gasteiger charge is 2.24. The topological polar surface area (TPSA) is 105 Å². The zero-order chi connectivity index (χ0) is 17.5. The van der Waals surface area contributed by atoms with Crippen LogP contribution in [0.1, 0.15) is 33.6 Å². The van der Waals surface area contributed by atoms with Crippen LogP contribution in [0.2, 0.25) is 0 Å². The van der Waals surface area contributed by atoms with Crippen molar-refractivity contribution in [2.24, 2.45) is 0 Å². The molecular formula is C17H20N2O5. The van der Waals surface area contributed by atoms with Crippen LogP contribution in [0.25, 0.3) is 0 Å². The standard InChI is InChI=1S/C17H20N2O5/c1-2-9-24-10-14(17(22)23)19-16(21)12-5-3-11(4-6-12)15(20)18-13-7-8-13/h2-6,13-14H,1,7-10H2,(H,18,20)(H,19,21)(H,22,23). The molecule has 0 spiro atoms. The molecule has 0 saturated heterocycles. The van der Waals surface area contributed by atoms with Gasteiger partial charge in [0.1, 0.15) is 0 Å². The fraction of sp³-hybridized carbons (Fsp3) is 0.353. The number of amides is 2. The number of carbonyl (C=O) groups excluding carboxylic acids is 2. The summed E-state index contributed by atoms with van der Waals surface area (Å²) in [5.74, 6) is -1.91. The number of ether oxygens (including phenoxy) is 1. The van der Waals surface area contributed by atoms with Crippen LogP contribution in [0, 0.1) is 0 Å². The molecule has 0 aromatic heterocycles. The zero-order valence-electron chi connectivity index (χ0n) is 13.2. The average molecular weight is 332 g/mol. The molecule has 0 radical (unpaired) electrons. The van der Waals surface area contributed by atoms with Crippen molar-refractivity contribution in [3.63, 3.8) is 0 Å². The van der Waals surface area contributed by atoms with Crippen molar-refractivity contribution >= 4 is 17.8 Å². The second-order valence-corrected chi connectivity index (χ2v) is 5.52. The van der Waals surface area contributed by atoms with Gasteiger partial charge in [0, 0.05) is 17.2 Å². The van der Waals surface area contributed by atoms with E-state index in [1.807, 2.05) is 0 Å². The number of carboxylic acid groups (broad SMARTS) is 1. The monoisotopic (exact) mass is 332 g/mol. The number of aliphatic carboxylic acids is 1. The van der Waals surface area contributed by atoms with Gasteiger partial charge >= 0.3 is 5.97 Å². The number of nitrogens with one attached hydrogen (secondary N) is 2. The van der Waals surface area contributed by atoms with Gasteiger partial charge in [0.25, 0.3) is 11.8 Å². The smallest absolute Gasteiger partial charge is 0.328 e. The summed E-state index contributed by atoms with van der Waals surface area (Å²) in [6.45, 7) is 3.50. The van der Waals surface area contributed by atoms with E-state index >= 15 is 0 Å². The Balaban J connectivity index is 1.93. The Morgan fingerprint density at radius 1 is 1.21 bits per heavy atom. The highest BCUT2D eigenvalue weighted by atomic mass is 16.5. The second kappa shape index (κ2) is 8.26. The normalized spacial score (nSPS) is 14.5. The lowest BCUT2D eigenvalue weighted by atomic mass is 10.1. The highest BCUT2D eigenvalue weighted by Crippen LogP contribution is 2.19. The Bertz CT molecular complexity index is 622. The van der Waals surface area contributed by atoms with Crippen LogP contribution in [0.4, 0.5) is 0 Å². The molecular weight excluding hydrogens is 312 g/mol. The SMILES string of the molecule is C=CCOCC(NC(=O)c1ccc(C(=O)NC2CC2)cc1)C(=O)O. The average Bonchev–Trinajstić information content (AvgIpc) is 3.38. The van der Waals surface area contributed by atoms with E-state index in [1.54, 1.807) is 0 Å². The highest BCUT2D eigenvalue weighted by molar-refractivity contribution is 5.99. The van der Waals surface area contributed by atoms with Crippen molar-refractivity contribution in [2.75, 3.05) is 13.2 Å². The maximum absolute atomic E-state index is 12.1. The molecule has 1 aromatic rings. The summed E-state index contributed by atoms with van der Waals surface area (Å²) in [5, 5.41) is 14.3. The van der Waals surface area contributed by atoms with Crippen molar-refractivity contribution in [1.29, 1.82) is 0 Å². The molecule has 0 heterocycles. The number of carboxylic acids is 1. The Labute approximate surface area is 139 Å². The van der Waals surface area contributed by atoms with Crippen molar-refractivity contribution in [3.05, 3.63) is 48.0 Å². The van der Waals surface area contributed by atoms with Gasteiger partial charge in [0.2, 0.25) is 0 Å². The number of benzene rings is 1. The second-order valence-electron chi connectivity index (χ2n) is 5.52. The van der Waals surface area contributed by atoms with Gasteiger partial charge in [-0.1, -0.05) is 6.08 Å². The van der Waals surface area contributed by atoms with Crippen molar-refractivity contribution < 1.29 is 24.2 Å². The summed E-state index contributed by atoms with van der Waals surface area (Å²) in [5.41, 5.74) is 0.732. The number of carbonyl (C=O) groups is 3. The first-order valence-electron chi connectivity index (χ1n) is 7.64. The van der Waals surface area contributed by atoms with Crippen LogP contribution < -0.4 is 10.6 Å². The molecule has 2 amide bonds.